The van der Waals surface area contributed by atoms with Crippen molar-refractivity contribution in [2.75, 3.05) is 24.7 Å². The van der Waals surface area contributed by atoms with Crippen molar-refractivity contribution < 1.29 is 13.6 Å². The van der Waals surface area contributed by atoms with E-state index in [1.54, 1.807) is 11.8 Å². The van der Waals surface area contributed by atoms with Gasteiger partial charge in [-0.25, -0.2) is 4.57 Å². The number of thioether (sulfide) groups is 1. The van der Waals surface area contributed by atoms with E-state index >= 15 is 0 Å². The Morgan fingerprint density at radius 2 is 1.58 bits per heavy atom. The molecule has 4 aromatic rings. The van der Waals surface area contributed by atoms with Crippen LogP contribution in [0.15, 0.2) is 82.7 Å². The molecule has 0 spiro atoms. The lowest BCUT2D eigenvalue weighted by atomic mass is 10.1. The summed E-state index contributed by atoms with van der Waals surface area (Å²) in [5.74, 6) is 0.956. The van der Waals surface area contributed by atoms with Gasteiger partial charge in [-0.2, -0.15) is 4.57 Å². The van der Waals surface area contributed by atoms with Crippen molar-refractivity contribution in [2.45, 2.75) is 25.2 Å². The monoisotopic (exact) mass is 431 g/mol. The number of fused-ring (bicyclic) bond motifs is 1. The van der Waals surface area contributed by atoms with E-state index in [4.69, 9.17) is 4.42 Å². The lowest BCUT2D eigenvalue weighted by Crippen LogP contribution is -2.35. The Kier molecular flexibility index (Phi) is 6.73. The molecule has 0 amide bonds. The van der Waals surface area contributed by atoms with E-state index in [1.807, 2.05) is 12.1 Å². The van der Waals surface area contributed by atoms with Crippen molar-refractivity contribution in [3.63, 3.8) is 0 Å². The molecule has 0 atom stereocenters. The van der Waals surface area contributed by atoms with Crippen LogP contribution in [0.3, 0.4) is 0 Å². The second-order valence-electron chi connectivity index (χ2n) is 7.62. The Hall–Kier alpha value is -3.05. The number of anilines is 1. The van der Waals surface area contributed by atoms with Gasteiger partial charge in [-0.3, -0.25) is 0 Å². The third kappa shape index (κ3) is 5.17. The first-order valence-electron chi connectivity index (χ1n) is 10.6. The second-order valence-corrected chi connectivity index (χ2v) is 8.66. The summed E-state index contributed by atoms with van der Waals surface area (Å²) in [6.45, 7) is 4.00. The van der Waals surface area contributed by atoms with E-state index in [-0.39, 0.29) is 0 Å². The van der Waals surface area contributed by atoms with Crippen LogP contribution in [0.4, 0.5) is 5.69 Å². The molecule has 0 saturated carbocycles. The summed E-state index contributed by atoms with van der Waals surface area (Å²) >= 11 is 1.77. The van der Waals surface area contributed by atoms with E-state index < -0.39 is 0 Å². The minimum atomic E-state index is 0.908. The van der Waals surface area contributed by atoms with Crippen LogP contribution >= 0.6 is 11.8 Å². The standard InChI is InChI=1S/C26H29N3OS/c1-4-29-24-7-5-6-8-25(24)30-26(29)31-20-19-28-17-15-22(16-18-28)10-9-21-11-13-23(14-12-21)27(2)3/h5-18H,4,19-20H2,1-3H3/q+2. The molecule has 2 aromatic heterocycles. The van der Waals surface area contributed by atoms with E-state index in [2.05, 4.69) is 108 Å². The molecule has 0 aliphatic carbocycles. The Balaban J connectivity index is 1.34. The molecule has 0 aliphatic rings. The maximum absolute atomic E-state index is 6.05. The molecular weight excluding hydrogens is 402 g/mol. The Morgan fingerprint density at radius 1 is 0.903 bits per heavy atom. The van der Waals surface area contributed by atoms with Crippen LogP contribution in [-0.4, -0.2) is 19.8 Å². The van der Waals surface area contributed by atoms with Gasteiger partial charge in [0, 0.05) is 38.0 Å². The predicted molar refractivity (Wildman–Crippen MR) is 129 cm³/mol. The second kappa shape index (κ2) is 9.84. The Morgan fingerprint density at radius 3 is 2.26 bits per heavy atom. The highest BCUT2D eigenvalue weighted by Crippen LogP contribution is 2.21. The van der Waals surface area contributed by atoms with Gasteiger partial charge >= 0.3 is 5.22 Å². The van der Waals surface area contributed by atoms with Gasteiger partial charge in [0.15, 0.2) is 25.5 Å². The van der Waals surface area contributed by atoms with Crippen LogP contribution in [0.2, 0.25) is 0 Å². The van der Waals surface area contributed by atoms with Gasteiger partial charge in [0.2, 0.25) is 5.58 Å². The molecule has 0 radical (unpaired) electrons. The maximum Gasteiger partial charge on any atom is 0.412 e. The fraction of sp³-hybridized carbons (Fsp3) is 0.231. The molecule has 4 nitrogen and oxygen atoms in total. The quantitative estimate of drug-likeness (QED) is 0.288. The zero-order valence-electron chi connectivity index (χ0n) is 18.4. The van der Waals surface area contributed by atoms with Crippen molar-refractivity contribution >= 4 is 40.7 Å². The number of nitrogens with zero attached hydrogens (tertiary/aromatic N) is 3. The van der Waals surface area contributed by atoms with Crippen molar-refractivity contribution in [1.82, 2.24) is 0 Å². The maximum atomic E-state index is 6.05. The van der Waals surface area contributed by atoms with E-state index in [0.29, 0.717) is 0 Å². The molecule has 5 heteroatoms. The zero-order chi connectivity index (χ0) is 21.6. The van der Waals surface area contributed by atoms with E-state index in [9.17, 15) is 0 Å². The molecule has 0 fully saturated rings. The summed E-state index contributed by atoms with van der Waals surface area (Å²) in [6.07, 6.45) is 8.59. The molecular formula is C26H29N3OS+2. The summed E-state index contributed by atoms with van der Waals surface area (Å²) in [4.78, 5) is 2.11. The first kappa shape index (κ1) is 21.2. The summed E-state index contributed by atoms with van der Waals surface area (Å²) in [5, 5.41) is 0.976. The van der Waals surface area contributed by atoms with Crippen LogP contribution in [0.1, 0.15) is 18.1 Å². The lowest BCUT2D eigenvalue weighted by Gasteiger charge is -2.11. The largest absolute Gasteiger partial charge is 0.412 e. The van der Waals surface area contributed by atoms with Gasteiger partial charge in [-0.15, -0.1) is 0 Å². The molecule has 158 valence electrons. The van der Waals surface area contributed by atoms with Crippen molar-refractivity contribution in [3.05, 3.63) is 84.2 Å². The molecule has 31 heavy (non-hydrogen) atoms. The number of pyridine rings is 1. The predicted octanol–water partition coefficient (Wildman–Crippen LogP) is 5.06. The van der Waals surface area contributed by atoms with Crippen LogP contribution in [0, 0.1) is 0 Å². The number of aromatic nitrogens is 2. The highest BCUT2D eigenvalue weighted by atomic mass is 32.2. The molecule has 0 saturated heterocycles. The number of hydrogen-bond acceptors (Lipinski definition) is 3. The lowest BCUT2D eigenvalue weighted by molar-refractivity contribution is -0.713. The smallest absolute Gasteiger partial charge is 0.393 e. The molecule has 2 heterocycles. The Bertz CT molecular complexity index is 1160. The molecule has 0 bridgehead atoms. The Labute approximate surface area is 188 Å². The fourth-order valence-electron chi connectivity index (χ4n) is 3.46. The first-order valence-corrected chi connectivity index (χ1v) is 11.6. The number of rotatable bonds is 8. The van der Waals surface area contributed by atoms with Gasteiger partial charge < -0.3 is 9.32 Å². The first-order chi connectivity index (χ1) is 15.1. The number of oxazole rings is 1. The normalized spacial score (nSPS) is 11.5. The van der Waals surface area contributed by atoms with E-state index in [1.165, 1.54) is 16.8 Å². The SMILES string of the molecule is CC[n+]1c(SCC[n+]2ccc(C=Cc3ccc(N(C)C)cc3)cc2)oc2ccccc21. The topological polar surface area (TPSA) is 24.1 Å². The summed E-state index contributed by atoms with van der Waals surface area (Å²) in [5.41, 5.74) is 5.72. The van der Waals surface area contributed by atoms with Crippen LogP contribution in [0.5, 0.6) is 0 Å². The summed E-state index contributed by atoms with van der Waals surface area (Å²) in [7, 11) is 4.11. The van der Waals surface area contributed by atoms with Gasteiger partial charge in [-0.1, -0.05) is 36.4 Å². The average Bonchev–Trinajstić information content (AvgIpc) is 3.16. The molecule has 0 unspecified atom stereocenters. The third-order valence-electron chi connectivity index (χ3n) is 5.26. The van der Waals surface area contributed by atoms with Crippen molar-refractivity contribution in [2.24, 2.45) is 0 Å². The number of aryl methyl sites for hydroxylation is 2. The van der Waals surface area contributed by atoms with Gasteiger partial charge in [0.25, 0.3) is 5.52 Å². The minimum absolute atomic E-state index is 0.908. The zero-order valence-corrected chi connectivity index (χ0v) is 19.2. The number of hydrogen-bond donors (Lipinski definition) is 0. The van der Waals surface area contributed by atoms with Crippen molar-refractivity contribution in [1.29, 1.82) is 0 Å². The van der Waals surface area contributed by atoms with Crippen LogP contribution < -0.4 is 14.0 Å². The third-order valence-corrected chi connectivity index (χ3v) is 6.20. The average molecular weight is 432 g/mol. The number of benzene rings is 2. The van der Waals surface area contributed by atoms with E-state index in [0.717, 1.165) is 35.2 Å². The number of para-hydroxylation sites is 2. The highest BCUT2D eigenvalue weighted by molar-refractivity contribution is 7.98. The summed E-state index contributed by atoms with van der Waals surface area (Å²) < 4.78 is 10.5. The summed E-state index contributed by atoms with van der Waals surface area (Å²) in [6, 6.07) is 21.1. The fourth-order valence-corrected chi connectivity index (χ4v) is 4.47. The van der Waals surface area contributed by atoms with Crippen LogP contribution in [0.25, 0.3) is 23.3 Å². The van der Waals surface area contributed by atoms with Gasteiger partial charge in [-0.05, 0) is 48.0 Å². The molecule has 2 aromatic carbocycles. The van der Waals surface area contributed by atoms with Gasteiger partial charge in [0.05, 0.1) is 5.75 Å². The molecule has 4 rings (SSSR count). The highest BCUT2D eigenvalue weighted by Gasteiger charge is 2.21. The molecule has 0 N–H and O–H groups in total. The van der Waals surface area contributed by atoms with Crippen LogP contribution in [-0.2, 0) is 13.1 Å². The molecule has 0 aliphatic heterocycles. The van der Waals surface area contributed by atoms with Crippen molar-refractivity contribution in [3.8, 4) is 0 Å². The van der Waals surface area contributed by atoms with Gasteiger partial charge in [0.1, 0.15) is 0 Å². The minimum Gasteiger partial charge on any atom is -0.393 e.